The first-order valence-electron chi connectivity index (χ1n) is 6.78. The Hall–Kier alpha value is -1.65. The molecule has 0 radical (unpaired) electrons. The first kappa shape index (κ1) is 13.3. The van der Waals surface area contributed by atoms with E-state index in [1.54, 1.807) is 11.3 Å². The van der Waals surface area contributed by atoms with Crippen LogP contribution < -0.4 is 0 Å². The summed E-state index contributed by atoms with van der Waals surface area (Å²) in [5.74, 6) is 0.122. The zero-order valence-electron chi connectivity index (χ0n) is 11.5. The van der Waals surface area contributed by atoms with Crippen LogP contribution in [0.25, 0.3) is 11.1 Å². The Kier molecular flexibility index (Phi) is 3.85. The van der Waals surface area contributed by atoms with E-state index in [1.165, 1.54) is 4.88 Å². The lowest BCUT2D eigenvalue weighted by atomic mass is 10.0. The number of morpholine rings is 1. The van der Waals surface area contributed by atoms with Crippen molar-refractivity contribution in [3.8, 4) is 11.1 Å². The molecule has 1 aliphatic heterocycles. The van der Waals surface area contributed by atoms with Crippen molar-refractivity contribution in [2.45, 2.75) is 6.92 Å². The Morgan fingerprint density at radius 1 is 1.20 bits per heavy atom. The van der Waals surface area contributed by atoms with Crippen LogP contribution in [0.3, 0.4) is 0 Å². The van der Waals surface area contributed by atoms with Crippen LogP contribution in [-0.2, 0) is 4.74 Å². The average Bonchev–Trinajstić information content (AvgIpc) is 2.90. The van der Waals surface area contributed by atoms with E-state index in [0.717, 1.165) is 16.7 Å². The second kappa shape index (κ2) is 5.77. The Morgan fingerprint density at radius 2 is 1.90 bits per heavy atom. The molecule has 1 saturated heterocycles. The summed E-state index contributed by atoms with van der Waals surface area (Å²) in [4.78, 5) is 15.8. The van der Waals surface area contributed by atoms with Crippen molar-refractivity contribution < 1.29 is 9.53 Å². The standard InChI is InChI=1S/C16H17NO2S/c1-12-15(13-5-3-2-4-6-13)14(11-20-12)16(18)17-7-9-19-10-8-17/h2-6,11H,7-10H2,1H3. The van der Waals surface area contributed by atoms with Crippen molar-refractivity contribution in [2.75, 3.05) is 26.3 Å². The van der Waals surface area contributed by atoms with Gasteiger partial charge in [0.15, 0.2) is 0 Å². The van der Waals surface area contributed by atoms with Crippen molar-refractivity contribution in [1.82, 2.24) is 4.90 Å². The van der Waals surface area contributed by atoms with E-state index < -0.39 is 0 Å². The maximum Gasteiger partial charge on any atom is 0.255 e. The van der Waals surface area contributed by atoms with Gasteiger partial charge in [-0.25, -0.2) is 0 Å². The van der Waals surface area contributed by atoms with Crippen LogP contribution in [0.15, 0.2) is 35.7 Å². The van der Waals surface area contributed by atoms with Crippen molar-refractivity contribution in [1.29, 1.82) is 0 Å². The number of ether oxygens (including phenoxy) is 1. The molecule has 3 nitrogen and oxygen atoms in total. The highest BCUT2D eigenvalue weighted by Gasteiger charge is 2.23. The van der Waals surface area contributed by atoms with Crippen LogP contribution in [0.5, 0.6) is 0 Å². The third-order valence-electron chi connectivity index (χ3n) is 3.57. The van der Waals surface area contributed by atoms with Gasteiger partial charge in [0.1, 0.15) is 0 Å². The van der Waals surface area contributed by atoms with Gasteiger partial charge in [-0.2, -0.15) is 0 Å². The highest BCUT2D eigenvalue weighted by atomic mass is 32.1. The quantitative estimate of drug-likeness (QED) is 0.849. The van der Waals surface area contributed by atoms with E-state index in [0.29, 0.717) is 26.3 Å². The Labute approximate surface area is 122 Å². The first-order chi connectivity index (χ1) is 9.77. The molecule has 0 saturated carbocycles. The van der Waals surface area contributed by atoms with Crippen LogP contribution in [0.2, 0.25) is 0 Å². The number of aryl methyl sites for hydroxylation is 1. The molecule has 0 bridgehead atoms. The molecule has 2 heterocycles. The second-order valence-electron chi connectivity index (χ2n) is 4.85. The van der Waals surface area contributed by atoms with Gasteiger partial charge in [-0.1, -0.05) is 30.3 Å². The molecule has 0 unspecified atom stereocenters. The molecule has 1 fully saturated rings. The smallest absolute Gasteiger partial charge is 0.255 e. The zero-order valence-corrected chi connectivity index (χ0v) is 12.3. The SMILES string of the molecule is Cc1scc(C(=O)N2CCOCC2)c1-c1ccccc1. The summed E-state index contributed by atoms with van der Waals surface area (Å²) < 4.78 is 5.31. The molecule has 3 rings (SSSR count). The van der Waals surface area contributed by atoms with E-state index in [4.69, 9.17) is 4.74 Å². The number of rotatable bonds is 2. The minimum atomic E-state index is 0.122. The molecule has 0 aliphatic carbocycles. The third kappa shape index (κ3) is 2.49. The number of amides is 1. The summed E-state index contributed by atoms with van der Waals surface area (Å²) in [6.45, 7) is 4.71. The van der Waals surface area contributed by atoms with Gasteiger partial charge >= 0.3 is 0 Å². The predicted octanol–water partition coefficient (Wildman–Crippen LogP) is 3.20. The number of benzene rings is 1. The summed E-state index contributed by atoms with van der Waals surface area (Å²) in [7, 11) is 0. The van der Waals surface area contributed by atoms with E-state index in [-0.39, 0.29) is 5.91 Å². The summed E-state index contributed by atoms with van der Waals surface area (Å²) >= 11 is 1.64. The van der Waals surface area contributed by atoms with Gasteiger partial charge in [-0.3, -0.25) is 4.79 Å². The molecule has 1 aliphatic rings. The van der Waals surface area contributed by atoms with Gasteiger partial charge in [-0.15, -0.1) is 11.3 Å². The number of carbonyl (C=O) groups is 1. The molecule has 0 spiro atoms. The fraction of sp³-hybridized carbons (Fsp3) is 0.312. The predicted molar refractivity (Wildman–Crippen MR) is 81.2 cm³/mol. The molecule has 0 atom stereocenters. The van der Waals surface area contributed by atoms with Gasteiger partial charge in [0.05, 0.1) is 18.8 Å². The highest BCUT2D eigenvalue weighted by Crippen LogP contribution is 2.33. The Bertz CT molecular complexity index is 600. The fourth-order valence-corrected chi connectivity index (χ4v) is 3.37. The molecular formula is C16H17NO2S. The molecule has 1 aromatic carbocycles. The number of thiophene rings is 1. The number of hydrogen-bond acceptors (Lipinski definition) is 3. The summed E-state index contributed by atoms with van der Waals surface area (Å²) in [5.41, 5.74) is 3.01. The molecular weight excluding hydrogens is 270 g/mol. The molecule has 2 aromatic rings. The number of nitrogens with zero attached hydrogens (tertiary/aromatic N) is 1. The second-order valence-corrected chi connectivity index (χ2v) is 5.93. The van der Waals surface area contributed by atoms with E-state index >= 15 is 0 Å². The summed E-state index contributed by atoms with van der Waals surface area (Å²) in [6.07, 6.45) is 0. The van der Waals surface area contributed by atoms with E-state index in [9.17, 15) is 4.79 Å². The van der Waals surface area contributed by atoms with Gasteiger partial charge in [0, 0.05) is 28.9 Å². The van der Waals surface area contributed by atoms with Gasteiger partial charge in [0.25, 0.3) is 5.91 Å². The van der Waals surface area contributed by atoms with Crippen LogP contribution in [0.1, 0.15) is 15.2 Å². The van der Waals surface area contributed by atoms with Crippen molar-refractivity contribution in [3.05, 3.63) is 46.2 Å². The average molecular weight is 287 g/mol. The van der Waals surface area contributed by atoms with Crippen molar-refractivity contribution in [2.24, 2.45) is 0 Å². The Balaban J connectivity index is 1.96. The maximum atomic E-state index is 12.7. The van der Waals surface area contributed by atoms with Crippen LogP contribution in [0.4, 0.5) is 0 Å². The minimum absolute atomic E-state index is 0.122. The molecule has 1 aromatic heterocycles. The third-order valence-corrected chi connectivity index (χ3v) is 4.48. The lowest BCUT2D eigenvalue weighted by Gasteiger charge is -2.27. The van der Waals surface area contributed by atoms with Crippen LogP contribution >= 0.6 is 11.3 Å². The summed E-state index contributed by atoms with van der Waals surface area (Å²) in [6, 6.07) is 10.1. The van der Waals surface area contributed by atoms with Crippen LogP contribution in [-0.4, -0.2) is 37.1 Å². The van der Waals surface area contributed by atoms with Gasteiger partial charge in [0.2, 0.25) is 0 Å². The largest absolute Gasteiger partial charge is 0.378 e. The normalized spacial score (nSPS) is 15.3. The maximum absolute atomic E-state index is 12.7. The van der Waals surface area contributed by atoms with Crippen molar-refractivity contribution >= 4 is 17.2 Å². The monoisotopic (exact) mass is 287 g/mol. The van der Waals surface area contributed by atoms with Crippen LogP contribution in [0, 0.1) is 6.92 Å². The molecule has 4 heteroatoms. The highest BCUT2D eigenvalue weighted by molar-refractivity contribution is 7.10. The van der Waals surface area contributed by atoms with E-state index in [1.807, 2.05) is 28.5 Å². The molecule has 20 heavy (non-hydrogen) atoms. The first-order valence-corrected chi connectivity index (χ1v) is 7.66. The lowest BCUT2D eigenvalue weighted by molar-refractivity contribution is 0.0303. The summed E-state index contributed by atoms with van der Waals surface area (Å²) in [5, 5.41) is 1.98. The van der Waals surface area contributed by atoms with E-state index in [2.05, 4.69) is 19.1 Å². The minimum Gasteiger partial charge on any atom is -0.378 e. The van der Waals surface area contributed by atoms with Gasteiger partial charge < -0.3 is 9.64 Å². The topological polar surface area (TPSA) is 29.5 Å². The molecule has 104 valence electrons. The van der Waals surface area contributed by atoms with Crippen molar-refractivity contribution in [3.63, 3.8) is 0 Å². The fourth-order valence-electron chi connectivity index (χ4n) is 2.51. The Morgan fingerprint density at radius 3 is 2.60 bits per heavy atom. The van der Waals surface area contributed by atoms with Gasteiger partial charge in [-0.05, 0) is 12.5 Å². The molecule has 1 amide bonds. The lowest BCUT2D eigenvalue weighted by Crippen LogP contribution is -2.40. The number of hydrogen-bond donors (Lipinski definition) is 0. The molecule has 0 N–H and O–H groups in total. The number of carbonyl (C=O) groups excluding carboxylic acids is 1. The zero-order chi connectivity index (χ0) is 13.9.